The average Bonchev–Trinajstić information content (AvgIpc) is 2.56. The largest absolute Gasteiger partial charge is 0.0775 e. The molecule has 0 saturated carbocycles. The van der Waals surface area contributed by atoms with Gasteiger partial charge in [0.05, 0.1) is 0 Å². The zero-order valence-electron chi connectivity index (χ0n) is 18.8. The summed E-state index contributed by atoms with van der Waals surface area (Å²) in [5.41, 5.74) is 8.46. The van der Waals surface area contributed by atoms with Crippen molar-refractivity contribution in [2.24, 2.45) is 10.8 Å². The van der Waals surface area contributed by atoms with E-state index in [0.29, 0.717) is 16.7 Å². The third kappa shape index (κ3) is 4.26. The monoisotopic (exact) mass is 354 g/mol. The second-order valence-electron chi connectivity index (χ2n) is 9.95. The van der Waals surface area contributed by atoms with Crippen LogP contribution < -0.4 is 0 Å². The van der Waals surface area contributed by atoms with Crippen LogP contribution in [0.2, 0.25) is 0 Å². The molecule has 0 fully saturated rings. The summed E-state index contributed by atoms with van der Waals surface area (Å²) >= 11 is 0. The summed E-state index contributed by atoms with van der Waals surface area (Å²) < 4.78 is 0. The van der Waals surface area contributed by atoms with E-state index in [1.807, 2.05) is 0 Å². The van der Waals surface area contributed by atoms with Crippen LogP contribution in [0.5, 0.6) is 0 Å². The molecule has 1 aromatic rings. The van der Waals surface area contributed by atoms with Crippen molar-refractivity contribution in [2.75, 3.05) is 0 Å². The Labute approximate surface area is 163 Å². The molecule has 2 unspecified atom stereocenters. The molecule has 146 valence electrons. The Kier molecular flexibility index (Phi) is 6.81. The van der Waals surface area contributed by atoms with Gasteiger partial charge in [-0.1, -0.05) is 78.2 Å². The van der Waals surface area contributed by atoms with Crippen molar-refractivity contribution in [1.29, 1.82) is 0 Å². The van der Waals surface area contributed by atoms with Gasteiger partial charge >= 0.3 is 0 Å². The molecule has 0 heteroatoms. The predicted octanol–water partition coefficient (Wildman–Crippen LogP) is 8.17. The van der Waals surface area contributed by atoms with Crippen molar-refractivity contribution in [3.63, 3.8) is 0 Å². The zero-order valence-corrected chi connectivity index (χ0v) is 18.8. The van der Waals surface area contributed by atoms with Gasteiger partial charge in [-0.2, -0.15) is 0 Å². The molecule has 0 N–H and O–H groups in total. The van der Waals surface area contributed by atoms with Gasteiger partial charge in [-0.25, -0.2) is 0 Å². The Hall–Kier alpha value is -1.04. The second-order valence-corrected chi connectivity index (χ2v) is 9.95. The molecule has 2 rings (SSSR count). The van der Waals surface area contributed by atoms with Gasteiger partial charge in [0.1, 0.15) is 0 Å². The number of aryl methyl sites for hydroxylation is 3. The Balaban J connectivity index is 2.52. The van der Waals surface area contributed by atoms with E-state index in [0.717, 1.165) is 6.42 Å². The van der Waals surface area contributed by atoms with Crippen molar-refractivity contribution < 1.29 is 0 Å². The van der Waals surface area contributed by atoms with Crippen molar-refractivity contribution in [1.82, 2.24) is 0 Å². The summed E-state index contributed by atoms with van der Waals surface area (Å²) in [6, 6.07) is 5.02. The fraction of sp³-hybridized carbons (Fsp3) is 0.692. The number of benzene rings is 1. The third-order valence-electron chi connectivity index (χ3n) is 7.18. The van der Waals surface area contributed by atoms with E-state index in [4.69, 9.17) is 0 Å². The minimum atomic E-state index is 0.298. The SMILES string of the molecule is CCCCCc1cc(C)c(C2C=C(C)CCC2(C)C(C)(C)C)c(CC)c1. The molecule has 1 aliphatic rings. The van der Waals surface area contributed by atoms with Crippen LogP contribution in [0.25, 0.3) is 0 Å². The highest BCUT2D eigenvalue weighted by Crippen LogP contribution is 2.56. The summed E-state index contributed by atoms with van der Waals surface area (Å²) in [4.78, 5) is 0. The first-order chi connectivity index (χ1) is 12.1. The normalized spacial score (nSPS) is 23.8. The van der Waals surface area contributed by atoms with E-state index in [1.54, 1.807) is 22.3 Å². The lowest BCUT2D eigenvalue weighted by molar-refractivity contribution is 0.0715. The average molecular weight is 355 g/mol. The van der Waals surface area contributed by atoms with Crippen molar-refractivity contribution in [3.05, 3.63) is 46.0 Å². The van der Waals surface area contributed by atoms with Crippen molar-refractivity contribution >= 4 is 0 Å². The molecule has 0 bridgehead atoms. The Morgan fingerprint density at radius 3 is 2.35 bits per heavy atom. The van der Waals surface area contributed by atoms with Crippen LogP contribution in [0.1, 0.15) is 109 Å². The highest BCUT2D eigenvalue weighted by molar-refractivity contribution is 5.45. The molecule has 26 heavy (non-hydrogen) atoms. The van der Waals surface area contributed by atoms with Crippen molar-refractivity contribution in [3.8, 4) is 0 Å². The van der Waals surface area contributed by atoms with Gasteiger partial charge in [0.15, 0.2) is 0 Å². The first kappa shape index (κ1) is 21.3. The van der Waals surface area contributed by atoms with Gasteiger partial charge in [0.2, 0.25) is 0 Å². The zero-order chi connectivity index (χ0) is 19.5. The summed E-state index contributed by atoms with van der Waals surface area (Å²) in [6.07, 6.45) is 11.5. The summed E-state index contributed by atoms with van der Waals surface area (Å²) in [6.45, 7) is 19.2. The smallest absolute Gasteiger partial charge is 0.00848 e. The van der Waals surface area contributed by atoms with Gasteiger partial charge < -0.3 is 0 Å². The van der Waals surface area contributed by atoms with E-state index < -0.39 is 0 Å². The maximum Gasteiger partial charge on any atom is 0.00848 e. The van der Waals surface area contributed by atoms with Gasteiger partial charge in [-0.3, -0.25) is 0 Å². The van der Waals surface area contributed by atoms with E-state index in [1.165, 1.54) is 44.1 Å². The second kappa shape index (κ2) is 8.32. The molecule has 0 saturated heterocycles. The molecule has 0 aromatic heterocycles. The lowest BCUT2D eigenvalue weighted by Crippen LogP contribution is -2.40. The quantitative estimate of drug-likeness (QED) is 0.357. The van der Waals surface area contributed by atoms with Gasteiger partial charge in [0, 0.05) is 5.92 Å². The van der Waals surface area contributed by atoms with Crippen LogP contribution in [0.4, 0.5) is 0 Å². The number of rotatable bonds is 6. The lowest BCUT2D eigenvalue weighted by Gasteiger charge is -2.50. The Bertz CT molecular complexity index is 641. The molecular weight excluding hydrogens is 312 g/mol. The molecule has 0 heterocycles. The first-order valence-corrected chi connectivity index (χ1v) is 10.9. The topological polar surface area (TPSA) is 0 Å². The van der Waals surface area contributed by atoms with Crippen LogP contribution in [-0.2, 0) is 12.8 Å². The maximum absolute atomic E-state index is 2.60. The summed E-state index contributed by atoms with van der Waals surface area (Å²) in [7, 11) is 0. The van der Waals surface area contributed by atoms with E-state index in [2.05, 4.69) is 73.6 Å². The standard InChI is InChI=1S/C26H42/c1-9-11-12-13-21-17-20(4)24(22(10-2)18-21)23-16-19(3)14-15-26(23,8)25(5,6)7/h16-18,23H,9-15H2,1-8H3. The Morgan fingerprint density at radius 2 is 1.77 bits per heavy atom. The molecule has 1 aliphatic carbocycles. The van der Waals surface area contributed by atoms with E-state index in [-0.39, 0.29) is 0 Å². The molecule has 1 aromatic carbocycles. The van der Waals surface area contributed by atoms with Gasteiger partial charge in [-0.05, 0) is 79.0 Å². The number of unbranched alkanes of at least 4 members (excludes halogenated alkanes) is 2. The fourth-order valence-electron chi connectivity index (χ4n) is 4.82. The molecule has 0 radical (unpaired) electrons. The molecule has 0 amide bonds. The number of hydrogen-bond acceptors (Lipinski definition) is 0. The third-order valence-corrected chi connectivity index (χ3v) is 7.18. The fourth-order valence-corrected chi connectivity index (χ4v) is 4.82. The predicted molar refractivity (Wildman–Crippen MR) is 117 cm³/mol. The molecular formula is C26H42. The number of hydrogen-bond donors (Lipinski definition) is 0. The van der Waals surface area contributed by atoms with Crippen LogP contribution in [-0.4, -0.2) is 0 Å². The van der Waals surface area contributed by atoms with Crippen molar-refractivity contribution in [2.45, 2.75) is 106 Å². The highest BCUT2D eigenvalue weighted by atomic mass is 14.5. The van der Waals surface area contributed by atoms with E-state index >= 15 is 0 Å². The molecule has 0 aliphatic heterocycles. The highest BCUT2D eigenvalue weighted by Gasteiger charge is 2.45. The minimum absolute atomic E-state index is 0.298. The molecule has 2 atom stereocenters. The van der Waals surface area contributed by atoms with Crippen LogP contribution in [0, 0.1) is 17.8 Å². The van der Waals surface area contributed by atoms with Crippen LogP contribution >= 0.6 is 0 Å². The molecule has 0 nitrogen and oxygen atoms in total. The minimum Gasteiger partial charge on any atom is -0.0775 e. The summed E-state index contributed by atoms with van der Waals surface area (Å²) in [5, 5.41) is 0. The van der Waals surface area contributed by atoms with Crippen LogP contribution in [0.3, 0.4) is 0 Å². The molecule has 0 spiro atoms. The Morgan fingerprint density at radius 1 is 1.08 bits per heavy atom. The summed E-state index contributed by atoms with van der Waals surface area (Å²) in [5.74, 6) is 0.538. The number of allylic oxidation sites excluding steroid dienone is 2. The lowest BCUT2D eigenvalue weighted by atomic mass is 9.54. The van der Waals surface area contributed by atoms with Gasteiger partial charge in [0.25, 0.3) is 0 Å². The van der Waals surface area contributed by atoms with Crippen LogP contribution in [0.15, 0.2) is 23.8 Å². The maximum atomic E-state index is 2.60. The van der Waals surface area contributed by atoms with E-state index in [9.17, 15) is 0 Å². The van der Waals surface area contributed by atoms with Gasteiger partial charge in [-0.15, -0.1) is 0 Å². The first-order valence-electron chi connectivity index (χ1n) is 10.9.